The summed E-state index contributed by atoms with van der Waals surface area (Å²) >= 11 is 0. The van der Waals surface area contributed by atoms with Crippen LogP contribution >= 0.6 is 0 Å². The molecule has 0 aliphatic rings. The van der Waals surface area contributed by atoms with Crippen LogP contribution in [0.2, 0.25) is 0 Å². The van der Waals surface area contributed by atoms with Crippen LogP contribution in [0.4, 0.5) is 17.1 Å². The highest BCUT2D eigenvalue weighted by Crippen LogP contribution is 2.45. The van der Waals surface area contributed by atoms with Crippen LogP contribution in [0.5, 0.6) is 0 Å². The molecule has 7 aromatic carbocycles. The Morgan fingerprint density at radius 3 is 1.46 bits per heavy atom. The van der Waals surface area contributed by atoms with Gasteiger partial charge >= 0.3 is 0 Å². The van der Waals surface area contributed by atoms with E-state index >= 15 is 0 Å². The Bertz CT molecular complexity index is 2450. The van der Waals surface area contributed by atoms with Gasteiger partial charge in [-0.2, -0.15) is 0 Å². The summed E-state index contributed by atoms with van der Waals surface area (Å²) in [5, 5.41) is 4.12. The molecule has 0 amide bonds. The lowest BCUT2D eigenvalue weighted by Crippen LogP contribution is -2.09. The van der Waals surface area contributed by atoms with Gasteiger partial charge in [0.25, 0.3) is 0 Å². The fourth-order valence-corrected chi connectivity index (χ4v) is 6.63. The van der Waals surface area contributed by atoms with E-state index in [4.69, 9.17) is 14.4 Å². The Labute approximate surface area is 278 Å². The molecule has 0 atom stereocenters. The van der Waals surface area contributed by atoms with Gasteiger partial charge in [0.1, 0.15) is 5.58 Å². The number of nitrogens with zero attached hydrogens (tertiary/aromatic N) is 3. The molecule has 0 fully saturated rings. The Balaban J connectivity index is 1.32. The quantitative estimate of drug-likeness (QED) is 0.187. The third kappa shape index (κ3) is 4.79. The summed E-state index contributed by atoms with van der Waals surface area (Å²) in [5.74, 6) is 0.675. The Morgan fingerprint density at radius 2 is 0.875 bits per heavy atom. The zero-order chi connectivity index (χ0) is 31.9. The van der Waals surface area contributed by atoms with Crippen molar-refractivity contribution < 1.29 is 4.42 Å². The molecule has 0 unspecified atom stereocenters. The first-order valence-corrected chi connectivity index (χ1v) is 16.1. The van der Waals surface area contributed by atoms with Gasteiger partial charge in [0.15, 0.2) is 11.4 Å². The first kappa shape index (κ1) is 27.8. The summed E-state index contributed by atoms with van der Waals surface area (Å²) < 4.78 is 6.92. The highest BCUT2D eigenvalue weighted by Gasteiger charge is 2.22. The number of para-hydroxylation sites is 3. The van der Waals surface area contributed by atoms with Crippen LogP contribution < -0.4 is 4.90 Å². The molecule has 0 saturated heterocycles. The minimum Gasteiger partial charge on any atom is -0.453 e. The molecule has 9 rings (SSSR count). The van der Waals surface area contributed by atoms with E-state index in [2.05, 4.69) is 132 Å². The van der Waals surface area contributed by atoms with Gasteiger partial charge in [0.2, 0.25) is 0 Å². The smallest absolute Gasteiger partial charge is 0.161 e. The molecule has 0 aliphatic heterocycles. The summed E-state index contributed by atoms with van der Waals surface area (Å²) in [6.07, 6.45) is 0. The zero-order valence-electron chi connectivity index (χ0n) is 26.0. The molecule has 0 radical (unpaired) electrons. The maximum Gasteiger partial charge on any atom is 0.161 e. The lowest BCUT2D eigenvalue weighted by atomic mass is 9.99. The maximum absolute atomic E-state index is 6.92. The van der Waals surface area contributed by atoms with Crippen molar-refractivity contribution in [1.29, 1.82) is 0 Å². The molecular formula is C44H29N3O. The number of furan rings is 1. The molecule has 0 bridgehead atoms. The number of rotatable bonds is 6. The molecule has 9 aromatic rings. The normalized spacial score (nSPS) is 11.3. The van der Waals surface area contributed by atoms with Crippen molar-refractivity contribution in [3.63, 3.8) is 0 Å². The second-order valence-electron chi connectivity index (χ2n) is 11.8. The second-order valence-corrected chi connectivity index (χ2v) is 11.8. The molecule has 0 saturated carbocycles. The van der Waals surface area contributed by atoms with E-state index in [1.165, 1.54) is 0 Å². The lowest BCUT2D eigenvalue weighted by molar-refractivity contribution is 0.673. The van der Waals surface area contributed by atoms with Crippen molar-refractivity contribution in [3.05, 3.63) is 176 Å². The van der Waals surface area contributed by atoms with Gasteiger partial charge in [-0.25, -0.2) is 9.97 Å². The van der Waals surface area contributed by atoms with E-state index < -0.39 is 0 Å². The van der Waals surface area contributed by atoms with Gasteiger partial charge in [-0.3, -0.25) is 0 Å². The molecular weight excluding hydrogens is 587 g/mol. The minimum atomic E-state index is 0.675. The lowest BCUT2D eigenvalue weighted by Gasteiger charge is -2.25. The first-order chi connectivity index (χ1) is 23.8. The van der Waals surface area contributed by atoms with Crippen LogP contribution in [0.3, 0.4) is 0 Å². The number of fused-ring (bicyclic) bond motifs is 5. The molecule has 0 aliphatic carbocycles. The number of benzene rings is 7. The minimum absolute atomic E-state index is 0.675. The topological polar surface area (TPSA) is 42.2 Å². The summed E-state index contributed by atoms with van der Waals surface area (Å²) in [4.78, 5) is 12.6. The van der Waals surface area contributed by atoms with Gasteiger partial charge in [0.05, 0.1) is 17.1 Å². The van der Waals surface area contributed by atoms with Gasteiger partial charge in [-0.1, -0.05) is 133 Å². The number of anilines is 3. The SMILES string of the molecule is c1ccc(-c2cc(-c3ccccc3)nc(-c3cc4c5cccc(N(c6ccccc6)c6ccccc6)c5oc4c4ccccc34)n2)cc1. The summed E-state index contributed by atoms with van der Waals surface area (Å²) in [5.41, 5.74) is 9.57. The molecule has 4 heteroatoms. The largest absolute Gasteiger partial charge is 0.453 e. The second kappa shape index (κ2) is 11.7. The van der Waals surface area contributed by atoms with E-state index in [1.54, 1.807) is 0 Å². The monoisotopic (exact) mass is 615 g/mol. The zero-order valence-corrected chi connectivity index (χ0v) is 26.0. The van der Waals surface area contributed by atoms with Crippen LogP contribution in [0.25, 0.3) is 66.6 Å². The molecule has 2 aromatic heterocycles. The van der Waals surface area contributed by atoms with Crippen molar-refractivity contribution in [2.24, 2.45) is 0 Å². The highest BCUT2D eigenvalue weighted by molar-refractivity contribution is 6.20. The van der Waals surface area contributed by atoms with E-state index in [9.17, 15) is 0 Å². The Morgan fingerprint density at radius 1 is 0.396 bits per heavy atom. The third-order valence-electron chi connectivity index (χ3n) is 8.86. The fraction of sp³-hybridized carbons (Fsp3) is 0. The van der Waals surface area contributed by atoms with Crippen LogP contribution in [0.15, 0.2) is 180 Å². The van der Waals surface area contributed by atoms with E-state index in [1.807, 2.05) is 48.5 Å². The predicted molar refractivity (Wildman–Crippen MR) is 198 cm³/mol. The number of aromatic nitrogens is 2. The van der Waals surface area contributed by atoms with Gasteiger partial charge in [0, 0.05) is 44.2 Å². The molecule has 4 nitrogen and oxygen atoms in total. The maximum atomic E-state index is 6.92. The van der Waals surface area contributed by atoms with Crippen molar-refractivity contribution in [3.8, 4) is 33.9 Å². The van der Waals surface area contributed by atoms with Gasteiger partial charge < -0.3 is 9.32 Å². The van der Waals surface area contributed by atoms with Crippen molar-refractivity contribution in [2.75, 3.05) is 4.90 Å². The molecule has 2 heterocycles. The molecule has 48 heavy (non-hydrogen) atoms. The first-order valence-electron chi connectivity index (χ1n) is 16.1. The number of hydrogen-bond acceptors (Lipinski definition) is 4. The fourth-order valence-electron chi connectivity index (χ4n) is 6.63. The summed E-state index contributed by atoms with van der Waals surface area (Å²) in [6, 6.07) is 60.6. The van der Waals surface area contributed by atoms with Crippen LogP contribution in [-0.4, -0.2) is 9.97 Å². The summed E-state index contributed by atoms with van der Waals surface area (Å²) in [7, 11) is 0. The average molecular weight is 616 g/mol. The van der Waals surface area contributed by atoms with E-state index in [0.29, 0.717) is 5.82 Å². The van der Waals surface area contributed by atoms with E-state index in [-0.39, 0.29) is 0 Å². The van der Waals surface area contributed by atoms with Gasteiger partial charge in [-0.05, 0) is 47.9 Å². The Hall–Kier alpha value is -6.52. The molecule has 226 valence electrons. The standard InChI is InChI=1S/C44H29N3O/c1-5-16-30(17-6-1)39-29-40(31-18-7-2-8-19-31)46-44(45-39)38-28-37-36-26-15-27-41(43(36)48-42(37)35-25-14-13-24-34(35)38)47(32-20-9-3-10-21-32)33-22-11-4-12-23-33/h1-29H. The number of hydrogen-bond donors (Lipinski definition) is 0. The van der Waals surface area contributed by atoms with E-state index in [0.717, 1.165) is 77.9 Å². The Kier molecular flexibility index (Phi) is 6.76. The highest BCUT2D eigenvalue weighted by atomic mass is 16.3. The predicted octanol–water partition coefficient (Wildman–Crippen LogP) is 12.0. The molecule has 0 spiro atoms. The van der Waals surface area contributed by atoms with Crippen LogP contribution in [-0.2, 0) is 0 Å². The molecule has 0 N–H and O–H groups in total. The average Bonchev–Trinajstić information content (AvgIpc) is 3.56. The van der Waals surface area contributed by atoms with Crippen LogP contribution in [0, 0.1) is 0 Å². The van der Waals surface area contributed by atoms with Crippen LogP contribution in [0.1, 0.15) is 0 Å². The van der Waals surface area contributed by atoms with Gasteiger partial charge in [-0.15, -0.1) is 0 Å². The van der Waals surface area contributed by atoms with Crippen molar-refractivity contribution in [1.82, 2.24) is 9.97 Å². The van der Waals surface area contributed by atoms with Crippen molar-refractivity contribution in [2.45, 2.75) is 0 Å². The van der Waals surface area contributed by atoms with Crippen molar-refractivity contribution >= 4 is 49.8 Å². The third-order valence-corrected chi connectivity index (χ3v) is 8.86. The summed E-state index contributed by atoms with van der Waals surface area (Å²) in [6.45, 7) is 0.